The van der Waals surface area contributed by atoms with Crippen molar-refractivity contribution in [3.05, 3.63) is 0 Å². The highest BCUT2D eigenvalue weighted by Crippen LogP contribution is 2.24. The van der Waals surface area contributed by atoms with Crippen molar-refractivity contribution in [2.24, 2.45) is 11.3 Å². The molecule has 0 N–H and O–H groups in total. The summed E-state index contributed by atoms with van der Waals surface area (Å²) in [5, 5.41) is 0. The maximum atomic E-state index is 2.51. The van der Waals surface area contributed by atoms with Gasteiger partial charge in [0, 0.05) is 12.6 Å². The third-order valence-electron chi connectivity index (χ3n) is 3.56. The van der Waals surface area contributed by atoms with Crippen molar-refractivity contribution in [3.8, 4) is 0 Å². The van der Waals surface area contributed by atoms with Gasteiger partial charge in [0.1, 0.15) is 0 Å². The van der Waals surface area contributed by atoms with Crippen LogP contribution in [0.5, 0.6) is 0 Å². The van der Waals surface area contributed by atoms with Gasteiger partial charge in [-0.25, -0.2) is 0 Å². The molecule has 0 heterocycles. The molecule has 0 saturated carbocycles. The third-order valence-corrected chi connectivity index (χ3v) is 3.56. The average molecular weight is 213 g/mol. The van der Waals surface area contributed by atoms with Crippen molar-refractivity contribution in [3.63, 3.8) is 0 Å². The predicted molar refractivity (Wildman–Crippen MR) is 70.2 cm³/mol. The molecule has 0 rings (SSSR count). The largest absolute Gasteiger partial charge is 0.303 e. The molecule has 0 bridgehead atoms. The summed E-state index contributed by atoms with van der Waals surface area (Å²) in [5.41, 5.74) is 0.388. The van der Waals surface area contributed by atoms with E-state index in [1.807, 2.05) is 0 Å². The van der Waals surface area contributed by atoms with E-state index in [9.17, 15) is 0 Å². The van der Waals surface area contributed by atoms with Crippen LogP contribution in [0.15, 0.2) is 0 Å². The van der Waals surface area contributed by atoms with Gasteiger partial charge in [-0.15, -0.1) is 0 Å². The Kier molecular flexibility index (Phi) is 6.51. The van der Waals surface area contributed by atoms with E-state index in [2.05, 4.69) is 53.5 Å². The Balaban J connectivity index is 3.96. The molecule has 0 aliphatic heterocycles. The van der Waals surface area contributed by atoms with E-state index in [4.69, 9.17) is 0 Å². The SMILES string of the molecule is CCCCC(C)CN(C)C(C)C(C)(C)C. The van der Waals surface area contributed by atoms with E-state index in [0.29, 0.717) is 11.5 Å². The Morgan fingerprint density at radius 3 is 2.07 bits per heavy atom. The predicted octanol–water partition coefficient (Wildman–Crippen LogP) is 4.18. The number of nitrogens with zero attached hydrogens (tertiary/aromatic N) is 1. The monoisotopic (exact) mass is 213 g/mol. The highest BCUT2D eigenvalue weighted by molar-refractivity contribution is 4.78. The van der Waals surface area contributed by atoms with Crippen LogP contribution in [0, 0.1) is 11.3 Å². The first-order valence-corrected chi connectivity index (χ1v) is 6.49. The fourth-order valence-electron chi connectivity index (χ4n) is 1.95. The summed E-state index contributed by atoms with van der Waals surface area (Å²) in [4.78, 5) is 2.51. The second-order valence-electron chi connectivity index (χ2n) is 6.23. The Labute approximate surface area is 97.2 Å². The van der Waals surface area contributed by atoms with Gasteiger partial charge in [-0.1, -0.05) is 47.5 Å². The lowest BCUT2D eigenvalue weighted by Gasteiger charge is -2.36. The summed E-state index contributed by atoms with van der Waals surface area (Å²) in [5.74, 6) is 0.833. The van der Waals surface area contributed by atoms with E-state index in [0.717, 1.165) is 5.92 Å². The van der Waals surface area contributed by atoms with E-state index >= 15 is 0 Å². The highest BCUT2D eigenvalue weighted by atomic mass is 15.1. The minimum absolute atomic E-state index is 0.388. The molecule has 0 spiro atoms. The zero-order valence-corrected chi connectivity index (χ0v) is 11.9. The van der Waals surface area contributed by atoms with Crippen LogP contribution in [0.1, 0.15) is 60.8 Å². The molecule has 15 heavy (non-hydrogen) atoms. The van der Waals surface area contributed by atoms with Gasteiger partial charge in [-0.2, -0.15) is 0 Å². The standard InChI is InChI=1S/C14H31N/c1-8-9-10-12(2)11-15(7)13(3)14(4,5)6/h12-13H,8-11H2,1-7H3. The maximum Gasteiger partial charge on any atom is 0.0112 e. The summed E-state index contributed by atoms with van der Waals surface area (Å²) in [6.07, 6.45) is 4.07. The van der Waals surface area contributed by atoms with Crippen LogP contribution in [-0.2, 0) is 0 Å². The lowest BCUT2D eigenvalue weighted by molar-refractivity contribution is 0.123. The molecule has 0 radical (unpaired) electrons. The Bertz CT molecular complexity index is 157. The van der Waals surface area contributed by atoms with Gasteiger partial charge in [0.15, 0.2) is 0 Å². The molecular weight excluding hydrogens is 182 g/mol. The van der Waals surface area contributed by atoms with Crippen LogP contribution < -0.4 is 0 Å². The van der Waals surface area contributed by atoms with Crippen molar-refractivity contribution in [2.45, 2.75) is 66.8 Å². The third kappa shape index (κ3) is 6.19. The normalized spacial score (nSPS) is 16.8. The fraction of sp³-hybridized carbons (Fsp3) is 1.00. The molecule has 2 atom stereocenters. The number of hydrogen-bond donors (Lipinski definition) is 0. The molecule has 0 aliphatic carbocycles. The van der Waals surface area contributed by atoms with Crippen LogP contribution in [0.25, 0.3) is 0 Å². The minimum atomic E-state index is 0.388. The van der Waals surface area contributed by atoms with Crippen LogP contribution >= 0.6 is 0 Å². The van der Waals surface area contributed by atoms with E-state index in [-0.39, 0.29) is 0 Å². The van der Waals surface area contributed by atoms with E-state index in [1.165, 1.54) is 25.8 Å². The molecule has 0 saturated heterocycles. The van der Waals surface area contributed by atoms with E-state index < -0.39 is 0 Å². The van der Waals surface area contributed by atoms with Crippen molar-refractivity contribution >= 4 is 0 Å². The van der Waals surface area contributed by atoms with Crippen LogP contribution in [0.4, 0.5) is 0 Å². The number of unbranched alkanes of at least 4 members (excludes halogenated alkanes) is 1. The summed E-state index contributed by atoms with van der Waals surface area (Å²) >= 11 is 0. The topological polar surface area (TPSA) is 3.24 Å². The lowest BCUT2D eigenvalue weighted by Crippen LogP contribution is -2.41. The number of hydrogen-bond acceptors (Lipinski definition) is 1. The van der Waals surface area contributed by atoms with Gasteiger partial charge < -0.3 is 4.90 Å². The maximum absolute atomic E-state index is 2.51. The zero-order valence-electron chi connectivity index (χ0n) is 11.9. The Morgan fingerprint density at radius 2 is 1.67 bits per heavy atom. The summed E-state index contributed by atoms with van der Waals surface area (Å²) in [6.45, 7) is 15.2. The lowest BCUT2D eigenvalue weighted by atomic mass is 9.86. The van der Waals surface area contributed by atoms with Crippen molar-refractivity contribution in [1.82, 2.24) is 4.90 Å². The zero-order chi connectivity index (χ0) is 12.1. The molecule has 0 aromatic carbocycles. The highest BCUT2D eigenvalue weighted by Gasteiger charge is 2.24. The van der Waals surface area contributed by atoms with Gasteiger partial charge in [0.2, 0.25) is 0 Å². The second kappa shape index (κ2) is 6.52. The fourth-order valence-corrected chi connectivity index (χ4v) is 1.95. The molecular formula is C14H31N. The smallest absolute Gasteiger partial charge is 0.0112 e. The minimum Gasteiger partial charge on any atom is -0.303 e. The van der Waals surface area contributed by atoms with Crippen LogP contribution in [0.3, 0.4) is 0 Å². The van der Waals surface area contributed by atoms with Crippen molar-refractivity contribution < 1.29 is 0 Å². The summed E-state index contributed by atoms with van der Waals surface area (Å²) in [7, 11) is 2.26. The molecule has 1 nitrogen and oxygen atoms in total. The molecule has 1 heteroatoms. The van der Waals surface area contributed by atoms with Gasteiger partial charge in [-0.05, 0) is 31.7 Å². The van der Waals surface area contributed by atoms with Crippen LogP contribution in [0.2, 0.25) is 0 Å². The van der Waals surface area contributed by atoms with Crippen molar-refractivity contribution in [1.29, 1.82) is 0 Å². The van der Waals surface area contributed by atoms with Crippen molar-refractivity contribution in [2.75, 3.05) is 13.6 Å². The van der Waals surface area contributed by atoms with Gasteiger partial charge >= 0.3 is 0 Å². The van der Waals surface area contributed by atoms with Gasteiger partial charge in [-0.3, -0.25) is 0 Å². The molecule has 0 amide bonds. The summed E-state index contributed by atoms with van der Waals surface area (Å²) in [6, 6.07) is 0.654. The Hall–Kier alpha value is -0.0400. The molecule has 0 aromatic heterocycles. The van der Waals surface area contributed by atoms with Gasteiger partial charge in [0.25, 0.3) is 0 Å². The molecule has 2 unspecified atom stereocenters. The molecule has 0 fully saturated rings. The van der Waals surface area contributed by atoms with Gasteiger partial charge in [0.05, 0.1) is 0 Å². The quantitative estimate of drug-likeness (QED) is 0.640. The average Bonchev–Trinajstić information content (AvgIpc) is 2.11. The molecule has 92 valence electrons. The molecule has 0 aliphatic rings. The first-order chi connectivity index (χ1) is 6.79. The second-order valence-corrected chi connectivity index (χ2v) is 6.23. The first-order valence-electron chi connectivity index (χ1n) is 6.49. The Morgan fingerprint density at radius 1 is 1.13 bits per heavy atom. The summed E-state index contributed by atoms with van der Waals surface area (Å²) < 4.78 is 0. The van der Waals surface area contributed by atoms with E-state index in [1.54, 1.807) is 0 Å². The molecule has 0 aromatic rings. The number of rotatable bonds is 6. The first kappa shape index (κ1) is 15.0. The van der Waals surface area contributed by atoms with Crippen LogP contribution in [-0.4, -0.2) is 24.5 Å².